The number of anilines is 1. The Balaban J connectivity index is 1.97. The number of nitrogens with zero attached hydrogens (tertiary/aromatic N) is 1. The van der Waals surface area contributed by atoms with Gasteiger partial charge in [-0.25, -0.2) is 4.79 Å². The molecular weight excluding hydrogens is 361 g/mol. The third-order valence-electron chi connectivity index (χ3n) is 4.89. The number of piperidine rings is 1. The largest absolute Gasteiger partial charge is 0.416 e. The quantitative estimate of drug-likeness (QED) is 0.727. The predicted molar refractivity (Wildman–Crippen MR) is 96.1 cm³/mol. The van der Waals surface area contributed by atoms with E-state index in [0.717, 1.165) is 43.5 Å². The Morgan fingerprint density at radius 3 is 2.22 bits per heavy atom. The molecule has 3 atom stereocenters. The normalized spacial score (nSPS) is 22.1. The van der Waals surface area contributed by atoms with E-state index in [1.807, 2.05) is 0 Å². The lowest BCUT2D eigenvalue weighted by Crippen LogP contribution is -2.56. The average Bonchev–Trinajstić information content (AvgIpc) is 2.56. The van der Waals surface area contributed by atoms with E-state index in [1.165, 1.54) is 0 Å². The van der Waals surface area contributed by atoms with Crippen LogP contribution in [0.3, 0.4) is 0 Å². The van der Waals surface area contributed by atoms with Gasteiger partial charge in [0.15, 0.2) is 0 Å². The minimum Gasteiger partial charge on any atom is -0.368 e. The van der Waals surface area contributed by atoms with Gasteiger partial charge in [-0.2, -0.15) is 13.2 Å². The molecule has 9 heteroatoms. The van der Waals surface area contributed by atoms with Crippen LogP contribution >= 0.6 is 0 Å². The third kappa shape index (κ3) is 5.85. The molecule has 0 radical (unpaired) electrons. The van der Waals surface area contributed by atoms with Gasteiger partial charge in [0.2, 0.25) is 5.91 Å². The number of likely N-dealkylation sites (tertiary alicyclic amines) is 1. The van der Waals surface area contributed by atoms with Crippen LogP contribution in [0.5, 0.6) is 0 Å². The van der Waals surface area contributed by atoms with Crippen molar-refractivity contribution in [2.75, 3.05) is 11.9 Å². The van der Waals surface area contributed by atoms with E-state index in [0.29, 0.717) is 0 Å². The lowest BCUT2D eigenvalue weighted by Gasteiger charge is -2.40. The van der Waals surface area contributed by atoms with Gasteiger partial charge in [0.25, 0.3) is 0 Å². The van der Waals surface area contributed by atoms with Crippen LogP contribution in [0.1, 0.15) is 38.7 Å². The fraction of sp³-hybridized carbons (Fsp3) is 0.556. The van der Waals surface area contributed by atoms with Gasteiger partial charge in [-0.15, -0.1) is 0 Å². The molecule has 0 aromatic heterocycles. The fourth-order valence-corrected chi connectivity index (χ4v) is 3.32. The molecule has 2 rings (SSSR count). The predicted octanol–water partition coefficient (Wildman–Crippen LogP) is 2.94. The number of rotatable bonds is 5. The van der Waals surface area contributed by atoms with Crippen LogP contribution in [0.4, 0.5) is 23.7 Å². The molecule has 0 spiro atoms. The summed E-state index contributed by atoms with van der Waals surface area (Å²) in [5, 5.41) is 4.93. The number of amides is 3. The molecule has 6 nitrogen and oxygen atoms in total. The fourth-order valence-electron chi connectivity index (χ4n) is 3.32. The summed E-state index contributed by atoms with van der Waals surface area (Å²) in [6.07, 6.45) is -1.32. The molecular formula is C18H25F3N4O2. The van der Waals surface area contributed by atoms with Crippen LogP contribution in [0.2, 0.25) is 0 Å². The second kappa shape index (κ2) is 8.60. The highest BCUT2D eigenvalue weighted by atomic mass is 19.4. The average molecular weight is 386 g/mol. The number of alkyl halides is 3. The summed E-state index contributed by atoms with van der Waals surface area (Å²) in [6.45, 7) is 4.42. The molecule has 0 saturated carbocycles. The van der Waals surface area contributed by atoms with E-state index >= 15 is 0 Å². The third-order valence-corrected chi connectivity index (χ3v) is 4.89. The number of hydrogen-bond acceptors (Lipinski definition) is 3. The summed E-state index contributed by atoms with van der Waals surface area (Å²) in [5.41, 5.74) is 4.80. The number of carbonyl (C=O) groups excluding carboxylic acids is 2. The first-order valence-electron chi connectivity index (χ1n) is 8.87. The van der Waals surface area contributed by atoms with Crippen LogP contribution in [0.15, 0.2) is 24.3 Å². The maximum Gasteiger partial charge on any atom is 0.416 e. The van der Waals surface area contributed by atoms with Crippen LogP contribution in [0, 0.1) is 0 Å². The number of nitrogens with two attached hydrogens (primary N) is 1. The maximum absolute atomic E-state index is 12.6. The first-order valence-corrected chi connectivity index (χ1v) is 8.87. The topological polar surface area (TPSA) is 87.5 Å². The molecule has 0 bridgehead atoms. The standard InChI is InChI=1S/C18H25F3N4O2/c1-11-4-3-5-12(2)25(11)10-15(16(22)26)24-17(27)23-14-8-6-13(7-9-14)18(19,20)21/h6-9,11-12,15H,3-5,10H2,1-2H3,(H2,22,26)(H2,23,24,27)/t11-,12+,15-/m1/s1. The minimum atomic E-state index is -4.44. The van der Waals surface area contributed by atoms with Gasteiger partial charge in [0.05, 0.1) is 5.56 Å². The van der Waals surface area contributed by atoms with Crippen LogP contribution in [-0.2, 0) is 11.0 Å². The van der Waals surface area contributed by atoms with Crippen LogP contribution in [-0.4, -0.2) is 41.5 Å². The monoisotopic (exact) mass is 386 g/mol. The number of halogens is 3. The molecule has 3 amide bonds. The molecule has 27 heavy (non-hydrogen) atoms. The van der Waals surface area contributed by atoms with Crippen LogP contribution in [0.25, 0.3) is 0 Å². The minimum absolute atomic E-state index is 0.184. The van der Waals surface area contributed by atoms with Crippen molar-refractivity contribution in [3.05, 3.63) is 29.8 Å². The Hall–Kier alpha value is -2.29. The van der Waals surface area contributed by atoms with Gasteiger partial charge >= 0.3 is 12.2 Å². The molecule has 150 valence electrons. The SMILES string of the molecule is C[C@@H]1CCC[C@H](C)N1C[C@@H](NC(=O)Nc1ccc(C(F)(F)F)cc1)C(N)=O. The molecule has 1 aliphatic heterocycles. The number of nitrogens with one attached hydrogen (secondary N) is 2. The van der Waals surface area contributed by atoms with Crippen molar-refractivity contribution in [2.45, 2.75) is 57.4 Å². The second-order valence-corrected chi connectivity index (χ2v) is 6.95. The Labute approximate surface area is 156 Å². The highest BCUT2D eigenvalue weighted by molar-refractivity contribution is 5.93. The van der Waals surface area contributed by atoms with Gasteiger partial charge < -0.3 is 16.4 Å². The van der Waals surface area contributed by atoms with Crippen molar-refractivity contribution in [2.24, 2.45) is 5.73 Å². The van der Waals surface area contributed by atoms with Crippen molar-refractivity contribution in [3.63, 3.8) is 0 Å². The van der Waals surface area contributed by atoms with Gasteiger partial charge in [-0.05, 0) is 51.0 Å². The molecule has 0 aliphatic carbocycles. The van der Waals surface area contributed by atoms with Gasteiger partial charge in [0.1, 0.15) is 6.04 Å². The molecule has 1 fully saturated rings. The molecule has 1 saturated heterocycles. The summed E-state index contributed by atoms with van der Waals surface area (Å²) >= 11 is 0. The van der Waals surface area contributed by atoms with Gasteiger partial charge in [-0.1, -0.05) is 6.42 Å². The van der Waals surface area contributed by atoms with Crippen molar-refractivity contribution in [1.29, 1.82) is 0 Å². The molecule has 4 N–H and O–H groups in total. The Kier molecular flexibility index (Phi) is 6.69. The van der Waals surface area contributed by atoms with E-state index in [4.69, 9.17) is 5.73 Å². The molecule has 1 aromatic rings. The molecule has 1 aliphatic rings. The highest BCUT2D eigenvalue weighted by Gasteiger charge is 2.31. The van der Waals surface area contributed by atoms with E-state index in [1.54, 1.807) is 0 Å². The summed E-state index contributed by atoms with van der Waals surface area (Å²) < 4.78 is 37.7. The van der Waals surface area contributed by atoms with E-state index < -0.39 is 29.7 Å². The summed E-state index contributed by atoms with van der Waals surface area (Å²) in [7, 11) is 0. The number of benzene rings is 1. The second-order valence-electron chi connectivity index (χ2n) is 6.95. The summed E-state index contributed by atoms with van der Waals surface area (Å²) in [4.78, 5) is 26.0. The number of hydrogen-bond donors (Lipinski definition) is 3. The first kappa shape index (κ1) is 21.0. The summed E-state index contributed by atoms with van der Waals surface area (Å²) in [5.74, 6) is -0.664. The number of urea groups is 1. The lowest BCUT2D eigenvalue weighted by molar-refractivity contribution is -0.137. The van der Waals surface area contributed by atoms with Crippen molar-refractivity contribution in [1.82, 2.24) is 10.2 Å². The van der Waals surface area contributed by atoms with Crippen molar-refractivity contribution >= 4 is 17.6 Å². The first-order chi connectivity index (χ1) is 12.6. The van der Waals surface area contributed by atoms with Gasteiger partial charge in [-0.3, -0.25) is 9.69 Å². The van der Waals surface area contributed by atoms with E-state index in [-0.39, 0.29) is 24.3 Å². The van der Waals surface area contributed by atoms with Crippen molar-refractivity contribution < 1.29 is 22.8 Å². The lowest BCUT2D eigenvalue weighted by atomic mass is 9.97. The maximum atomic E-state index is 12.6. The van der Waals surface area contributed by atoms with E-state index in [2.05, 4.69) is 29.4 Å². The zero-order valence-corrected chi connectivity index (χ0v) is 15.3. The van der Waals surface area contributed by atoms with Gasteiger partial charge in [0, 0.05) is 24.3 Å². The van der Waals surface area contributed by atoms with E-state index in [9.17, 15) is 22.8 Å². The Bertz CT molecular complexity index is 654. The molecule has 1 heterocycles. The molecule has 1 aromatic carbocycles. The zero-order chi connectivity index (χ0) is 20.2. The Morgan fingerprint density at radius 1 is 1.19 bits per heavy atom. The molecule has 0 unspecified atom stereocenters. The van der Waals surface area contributed by atoms with Crippen LogP contribution < -0.4 is 16.4 Å². The zero-order valence-electron chi connectivity index (χ0n) is 15.3. The summed E-state index contributed by atoms with van der Waals surface area (Å²) in [6, 6.07) is 2.99. The highest BCUT2D eigenvalue weighted by Crippen LogP contribution is 2.29. The number of primary amides is 1. The number of carbonyl (C=O) groups is 2. The van der Waals surface area contributed by atoms with Crippen molar-refractivity contribution in [3.8, 4) is 0 Å². The Morgan fingerprint density at radius 2 is 1.74 bits per heavy atom. The smallest absolute Gasteiger partial charge is 0.368 e.